The van der Waals surface area contributed by atoms with Gasteiger partial charge < -0.3 is 10.2 Å². The van der Waals surface area contributed by atoms with Gasteiger partial charge >= 0.3 is 0 Å². The zero-order valence-corrected chi connectivity index (χ0v) is 11.3. The lowest BCUT2D eigenvalue weighted by molar-refractivity contribution is -0.131. The van der Waals surface area contributed by atoms with E-state index >= 15 is 0 Å². The standard InChI is InChI=1S/C16H22N2O/c19-16(12-17-15-6-7-15)18-10-8-14(9-11-18)13-4-2-1-3-5-13/h1-5,14-15,17H,6-12H2. The first-order valence-corrected chi connectivity index (χ1v) is 7.39. The predicted octanol–water partition coefficient (Wildman–Crippen LogP) is 2.14. The highest BCUT2D eigenvalue weighted by Gasteiger charge is 2.26. The van der Waals surface area contributed by atoms with Crippen LogP contribution in [0, 0.1) is 0 Å². The van der Waals surface area contributed by atoms with Crippen molar-refractivity contribution in [2.75, 3.05) is 19.6 Å². The fourth-order valence-corrected chi connectivity index (χ4v) is 2.82. The number of likely N-dealkylation sites (tertiary alicyclic amines) is 1. The Morgan fingerprint density at radius 2 is 1.79 bits per heavy atom. The number of hydrogen-bond acceptors (Lipinski definition) is 2. The topological polar surface area (TPSA) is 32.3 Å². The van der Waals surface area contributed by atoms with E-state index in [0.29, 0.717) is 18.5 Å². The Bertz CT molecular complexity index is 420. The highest BCUT2D eigenvalue weighted by molar-refractivity contribution is 5.78. The monoisotopic (exact) mass is 258 g/mol. The molecule has 0 unspecified atom stereocenters. The van der Waals surface area contributed by atoms with Gasteiger partial charge in [0.2, 0.25) is 5.91 Å². The Morgan fingerprint density at radius 1 is 1.11 bits per heavy atom. The van der Waals surface area contributed by atoms with Gasteiger partial charge in [0, 0.05) is 19.1 Å². The Kier molecular flexibility index (Phi) is 3.83. The van der Waals surface area contributed by atoms with Crippen LogP contribution >= 0.6 is 0 Å². The van der Waals surface area contributed by atoms with Crippen molar-refractivity contribution in [3.63, 3.8) is 0 Å². The third kappa shape index (κ3) is 3.35. The first-order valence-electron chi connectivity index (χ1n) is 7.39. The summed E-state index contributed by atoms with van der Waals surface area (Å²) in [6, 6.07) is 11.3. The summed E-state index contributed by atoms with van der Waals surface area (Å²) in [6.45, 7) is 2.34. The molecule has 102 valence electrons. The van der Waals surface area contributed by atoms with Crippen molar-refractivity contribution < 1.29 is 4.79 Å². The molecule has 1 saturated carbocycles. The second kappa shape index (κ2) is 5.74. The van der Waals surface area contributed by atoms with Crippen LogP contribution in [0.25, 0.3) is 0 Å². The highest BCUT2D eigenvalue weighted by atomic mass is 16.2. The van der Waals surface area contributed by atoms with E-state index in [2.05, 4.69) is 35.6 Å². The maximum Gasteiger partial charge on any atom is 0.236 e. The van der Waals surface area contributed by atoms with Crippen LogP contribution in [0.2, 0.25) is 0 Å². The summed E-state index contributed by atoms with van der Waals surface area (Å²) in [7, 11) is 0. The molecule has 3 nitrogen and oxygen atoms in total. The van der Waals surface area contributed by atoms with Gasteiger partial charge in [0.1, 0.15) is 0 Å². The molecule has 1 aliphatic carbocycles. The summed E-state index contributed by atoms with van der Waals surface area (Å²) >= 11 is 0. The summed E-state index contributed by atoms with van der Waals surface area (Å²) in [4.78, 5) is 14.1. The number of rotatable bonds is 4. The molecule has 0 aromatic heterocycles. The van der Waals surface area contributed by atoms with E-state index in [1.54, 1.807) is 0 Å². The molecular formula is C16H22N2O. The van der Waals surface area contributed by atoms with E-state index in [9.17, 15) is 4.79 Å². The summed E-state index contributed by atoms with van der Waals surface area (Å²) in [6.07, 6.45) is 4.67. The van der Waals surface area contributed by atoms with Crippen molar-refractivity contribution >= 4 is 5.91 Å². The van der Waals surface area contributed by atoms with E-state index in [4.69, 9.17) is 0 Å². The fourth-order valence-electron chi connectivity index (χ4n) is 2.82. The number of nitrogens with one attached hydrogen (secondary N) is 1. The van der Waals surface area contributed by atoms with Crippen LogP contribution in [-0.2, 0) is 4.79 Å². The Hall–Kier alpha value is -1.35. The lowest BCUT2D eigenvalue weighted by atomic mass is 9.89. The quantitative estimate of drug-likeness (QED) is 0.897. The van der Waals surface area contributed by atoms with E-state index in [1.807, 2.05) is 4.90 Å². The molecule has 0 atom stereocenters. The molecule has 3 rings (SSSR count). The molecule has 19 heavy (non-hydrogen) atoms. The molecule has 2 fully saturated rings. The number of nitrogens with zero attached hydrogens (tertiary/aromatic N) is 1. The smallest absolute Gasteiger partial charge is 0.236 e. The number of piperidine rings is 1. The van der Waals surface area contributed by atoms with Crippen molar-refractivity contribution in [2.45, 2.75) is 37.6 Å². The van der Waals surface area contributed by atoms with Gasteiger partial charge in [-0.2, -0.15) is 0 Å². The molecule has 0 spiro atoms. The molecule has 1 amide bonds. The Balaban J connectivity index is 1.47. The van der Waals surface area contributed by atoms with Crippen LogP contribution in [-0.4, -0.2) is 36.5 Å². The first-order chi connectivity index (χ1) is 9.33. The van der Waals surface area contributed by atoms with Crippen molar-refractivity contribution in [2.24, 2.45) is 0 Å². The second-order valence-corrected chi connectivity index (χ2v) is 5.72. The van der Waals surface area contributed by atoms with Crippen molar-refractivity contribution in [1.82, 2.24) is 10.2 Å². The van der Waals surface area contributed by atoms with Crippen LogP contribution in [0.15, 0.2) is 30.3 Å². The SMILES string of the molecule is O=C(CNC1CC1)N1CCC(c2ccccc2)CC1. The van der Waals surface area contributed by atoms with Gasteiger partial charge in [0.05, 0.1) is 6.54 Å². The van der Waals surface area contributed by atoms with Gasteiger partial charge in [-0.15, -0.1) is 0 Å². The molecule has 1 aliphatic heterocycles. The lowest BCUT2D eigenvalue weighted by Crippen LogP contribution is -2.42. The Labute approximate surface area is 115 Å². The lowest BCUT2D eigenvalue weighted by Gasteiger charge is -2.32. The number of amides is 1. The number of carbonyl (C=O) groups is 1. The Morgan fingerprint density at radius 3 is 2.42 bits per heavy atom. The van der Waals surface area contributed by atoms with Crippen LogP contribution in [0.4, 0.5) is 0 Å². The maximum absolute atomic E-state index is 12.0. The van der Waals surface area contributed by atoms with Crippen LogP contribution in [0.3, 0.4) is 0 Å². The number of hydrogen-bond donors (Lipinski definition) is 1. The molecule has 1 N–H and O–H groups in total. The number of carbonyl (C=O) groups excluding carboxylic acids is 1. The highest BCUT2D eigenvalue weighted by Crippen LogP contribution is 2.27. The zero-order chi connectivity index (χ0) is 13.1. The molecule has 1 saturated heterocycles. The van der Waals surface area contributed by atoms with E-state index in [0.717, 1.165) is 25.9 Å². The van der Waals surface area contributed by atoms with Gasteiger partial charge in [-0.25, -0.2) is 0 Å². The minimum atomic E-state index is 0.276. The third-order valence-electron chi connectivity index (χ3n) is 4.24. The van der Waals surface area contributed by atoms with Gasteiger partial charge in [-0.1, -0.05) is 30.3 Å². The predicted molar refractivity (Wildman–Crippen MR) is 76.0 cm³/mol. The van der Waals surface area contributed by atoms with Crippen LogP contribution in [0.5, 0.6) is 0 Å². The molecule has 1 heterocycles. The van der Waals surface area contributed by atoms with Gasteiger partial charge in [-0.3, -0.25) is 4.79 Å². The van der Waals surface area contributed by atoms with E-state index in [1.165, 1.54) is 18.4 Å². The van der Waals surface area contributed by atoms with Crippen LogP contribution in [0.1, 0.15) is 37.2 Å². The first kappa shape index (κ1) is 12.7. The molecule has 0 radical (unpaired) electrons. The number of benzene rings is 1. The summed E-state index contributed by atoms with van der Waals surface area (Å²) in [5.41, 5.74) is 1.42. The van der Waals surface area contributed by atoms with Crippen molar-refractivity contribution in [3.05, 3.63) is 35.9 Å². The molecule has 2 aliphatic rings. The van der Waals surface area contributed by atoms with Gasteiger partial charge in [0.15, 0.2) is 0 Å². The molecule has 1 aromatic carbocycles. The molecular weight excluding hydrogens is 236 g/mol. The minimum Gasteiger partial charge on any atom is -0.342 e. The molecule has 3 heteroatoms. The van der Waals surface area contributed by atoms with Crippen LogP contribution < -0.4 is 5.32 Å². The molecule has 1 aromatic rings. The fraction of sp³-hybridized carbons (Fsp3) is 0.562. The van der Waals surface area contributed by atoms with Gasteiger partial charge in [-0.05, 0) is 37.2 Å². The summed E-state index contributed by atoms with van der Waals surface area (Å²) < 4.78 is 0. The summed E-state index contributed by atoms with van der Waals surface area (Å²) in [5, 5.41) is 3.31. The van der Waals surface area contributed by atoms with Crippen molar-refractivity contribution in [1.29, 1.82) is 0 Å². The van der Waals surface area contributed by atoms with E-state index in [-0.39, 0.29) is 5.91 Å². The normalized spacial score (nSPS) is 20.5. The summed E-state index contributed by atoms with van der Waals surface area (Å²) in [5.74, 6) is 0.903. The van der Waals surface area contributed by atoms with E-state index < -0.39 is 0 Å². The van der Waals surface area contributed by atoms with Gasteiger partial charge in [0.25, 0.3) is 0 Å². The minimum absolute atomic E-state index is 0.276. The average Bonchev–Trinajstić information content (AvgIpc) is 3.30. The third-order valence-corrected chi connectivity index (χ3v) is 4.24. The maximum atomic E-state index is 12.0. The zero-order valence-electron chi connectivity index (χ0n) is 11.3. The van der Waals surface area contributed by atoms with Crippen molar-refractivity contribution in [3.8, 4) is 0 Å². The average molecular weight is 258 g/mol. The largest absolute Gasteiger partial charge is 0.342 e. The molecule has 0 bridgehead atoms. The second-order valence-electron chi connectivity index (χ2n) is 5.72.